The molecule has 2 heterocycles. The summed E-state index contributed by atoms with van der Waals surface area (Å²) in [7, 11) is 0. The number of carbonyl (C=O) groups is 1. The monoisotopic (exact) mass is 496 g/mol. The lowest BCUT2D eigenvalue weighted by molar-refractivity contribution is -0.184. The number of halogens is 5. The molecule has 1 aromatic carbocycles. The van der Waals surface area contributed by atoms with Gasteiger partial charge in [0.2, 0.25) is 5.91 Å². The van der Waals surface area contributed by atoms with Gasteiger partial charge in [-0.2, -0.15) is 13.2 Å². The Bertz CT molecular complexity index is 1240. The lowest BCUT2D eigenvalue weighted by atomic mass is 9.79. The van der Waals surface area contributed by atoms with Crippen LogP contribution in [-0.4, -0.2) is 26.6 Å². The standard InChI is InChI=1S/C23H21ClF4N4O2/c24-15-5-8-20(29-11-15)31-21(33)19(9-13-1-3-14(4-2-13)23(26,27)28)32-12-30-18-7-6-16(25)10-17(18)22(32)34/h5-8,10-14,19H,1-4,9H2,(H,29,31,33). The van der Waals surface area contributed by atoms with Crippen molar-refractivity contribution in [2.75, 3.05) is 5.32 Å². The Kier molecular flexibility index (Phi) is 6.88. The number of hydrogen-bond acceptors (Lipinski definition) is 4. The molecule has 1 unspecified atom stereocenters. The molecule has 1 N–H and O–H groups in total. The molecule has 1 aliphatic carbocycles. The van der Waals surface area contributed by atoms with Crippen LogP contribution in [0.15, 0.2) is 47.7 Å². The summed E-state index contributed by atoms with van der Waals surface area (Å²) in [6.07, 6.45) is -1.07. The van der Waals surface area contributed by atoms with Crippen molar-refractivity contribution in [1.29, 1.82) is 0 Å². The van der Waals surface area contributed by atoms with E-state index in [0.717, 1.165) is 10.6 Å². The van der Waals surface area contributed by atoms with E-state index in [1.165, 1.54) is 36.8 Å². The Morgan fingerprint density at radius 3 is 2.53 bits per heavy atom. The van der Waals surface area contributed by atoms with Crippen molar-refractivity contribution in [3.8, 4) is 0 Å². The van der Waals surface area contributed by atoms with E-state index in [-0.39, 0.29) is 54.7 Å². The van der Waals surface area contributed by atoms with Crippen LogP contribution in [-0.2, 0) is 4.79 Å². The van der Waals surface area contributed by atoms with Gasteiger partial charge in [0, 0.05) is 6.20 Å². The molecule has 0 aliphatic heterocycles. The van der Waals surface area contributed by atoms with Gasteiger partial charge in [0.25, 0.3) is 5.56 Å². The first-order valence-corrected chi connectivity index (χ1v) is 11.1. The van der Waals surface area contributed by atoms with Crippen molar-refractivity contribution in [1.82, 2.24) is 14.5 Å². The van der Waals surface area contributed by atoms with Gasteiger partial charge in [-0.3, -0.25) is 14.2 Å². The van der Waals surface area contributed by atoms with Crippen LogP contribution in [0.1, 0.15) is 38.1 Å². The Balaban J connectivity index is 1.63. The second-order valence-electron chi connectivity index (χ2n) is 8.48. The van der Waals surface area contributed by atoms with Crippen molar-refractivity contribution in [3.05, 3.63) is 64.0 Å². The second kappa shape index (κ2) is 9.69. The number of carbonyl (C=O) groups excluding carboxylic acids is 1. The molecule has 1 atom stereocenters. The highest BCUT2D eigenvalue weighted by Gasteiger charge is 2.42. The van der Waals surface area contributed by atoms with E-state index in [9.17, 15) is 27.2 Å². The smallest absolute Gasteiger partial charge is 0.309 e. The quantitative estimate of drug-likeness (QED) is 0.472. The maximum absolute atomic E-state index is 13.8. The number of aromatic nitrogens is 3. The predicted octanol–water partition coefficient (Wildman–Crippen LogP) is 5.52. The highest BCUT2D eigenvalue weighted by Crippen LogP contribution is 2.41. The largest absolute Gasteiger partial charge is 0.391 e. The number of rotatable bonds is 5. The Morgan fingerprint density at radius 2 is 1.88 bits per heavy atom. The van der Waals surface area contributed by atoms with Gasteiger partial charge < -0.3 is 5.32 Å². The fourth-order valence-electron chi connectivity index (χ4n) is 4.38. The van der Waals surface area contributed by atoms with Crippen molar-refractivity contribution in [3.63, 3.8) is 0 Å². The Labute approximate surface area is 197 Å². The van der Waals surface area contributed by atoms with Crippen LogP contribution >= 0.6 is 11.6 Å². The number of anilines is 1. The first kappa shape index (κ1) is 24.1. The van der Waals surface area contributed by atoms with Gasteiger partial charge in [-0.05, 0) is 68.4 Å². The van der Waals surface area contributed by atoms with Crippen molar-refractivity contribution in [2.45, 2.75) is 44.3 Å². The maximum Gasteiger partial charge on any atom is 0.391 e. The molecule has 3 aromatic rings. The molecule has 34 heavy (non-hydrogen) atoms. The van der Waals surface area contributed by atoms with Gasteiger partial charge in [0.05, 0.1) is 28.2 Å². The number of benzene rings is 1. The summed E-state index contributed by atoms with van der Waals surface area (Å²) >= 11 is 5.83. The van der Waals surface area contributed by atoms with Crippen molar-refractivity contribution < 1.29 is 22.4 Å². The summed E-state index contributed by atoms with van der Waals surface area (Å²) < 4.78 is 54.1. The van der Waals surface area contributed by atoms with E-state index in [1.807, 2.05) is 0 Å². The van der Waals surface area contributed by atoms with E-state index >= 15 is 0 Å². The average molecular weight is 497 g/mol. The van der Waals surface area contributed by atoms with Crippen molar-refractivity contribution in [2.24, 2.45) is 11.8 Å². The first-order valence-electron chi connectivity index (χ1n) is 10.8. The molecule has 11 heteroatoms. The van der Waals surface area contributed by atoms with Gasteiger partial charge in [0.15, 0.2) is 0 Å². The highest BCUT2D eigenvalue weighted by atomic mass is 35.5. The summed E-state index contributed by atoms with van der Waals surface area (Å²) in [6, 6.07) is 5.53. The minimum atomic E-state index is -4.24. The third kappa shape index (κ3) is 5.38. The number of hydrogen-bond donors (Lipinski definition) is 1. The fraction of sp³-hybridized carbons (Fsp3) is 0.391. The number of alkyl halides is 3. The maximum atomic E-state index is 13.8. The van der Waals surface area contributed by atoms with E-state index in [2.05, 4.69) is 15.3 Å². The van der Waals surface area contributed by atoms with Gasteiger partial charge in [-0.25, -0.2) is 14.4 Å². The highest BCUT2D eigenvalue weighted by molar-refractivity contribution is 6.30. The SMILES string of the molecule is O=C(Nc1ccc(Cl)cn1)C(CC1CCC(C(F)(F)F)CC1)n1cnc2ccc(F)cc2c1=O. The molecule has 2 aromatic heterocycles. The van der Waals surface area contributed by atoms with Crippen LogP contribution in [0.4, 0.5) is 23.4 Å². The van der Waals surface area contributed by atoms with Crippen LogP contribution < -0.4 is 10.9 Å². The van der Waals surface area contributed by atoms with Gasteiger partial charge >= 0.3 is 6.18 Å². The summed E-state index contributed by atoms with van der Waals surface area (Å²) in [6.45, 7) is 0. The molecule has 0 radical (unpaired) electrons. The van der Waals surface area contributed by atoms with Crippen LogP contribution in [0.3, 0.4) is 0 Å². The lowest BCUT2D eigenvalue weighted by Crippen LogP contribution is -2.36. The number of amides is 1. The molecule has 1 aliphatic rings. The molecular formula is C23H21ClF4N4O2. The summed E-state index contributed by atoms with van der Waals surface area (Å²) in [5.74, 6) is -2.56. The van der Waals surface area contributed by atoms with Gasteiger partial charge in [0.1, 0.15) is 17.7 Å². The topological polar surface area (TPSA) is 76.9 Å². The number of pyridine rings is 1. The molecule has 0 bridgehead atoms. The summed E-state index contributed by atoms with van der Waals surface area (Å²) in [5, 5.41) is 3.00. The number of nitrogens with one attached hydrogen (secondary N) is 1. The molecule has 1 fully saturated rings. The van der Waals surface area contributed by atoms with Crippen LogP contribution in [0.2, 0.25) is 5.02 Å². The normalized spacial score (nSPS) is 19.7. The van der Waals surface area contributed by atoms with Crippen LogP contribution in [0, 0.1) is 17.7 Å². The number of fused-ring (bicyclic) bond motifs is 1. The Morgan fingerprint density at radius 1 is 1.15 bits per heavy atom. The zero-order valence-corrected chi connectivity index (χ0v) is 18.6. The average Bonchev–Trinajstić information content (AvgIpc) is 2.80. The first-order chi connectivity index (χ1) is 16.1. The van der Waals surface area contributed by atoms with Gasteiger partial charge in [-0.1, -0.05) is 11.6 Å². The molecule has 0 saturated heterocycles. The van der Waals surface area contributed by atoms with Crippen LogP contribution in [0.5, 0.6) is 0 Å². The molecule has 1 amide bonds. The molecule has 0 spiro atoms. The molecule has 4 rings (SSSR count). The summed E-state index contributed by atoms with van der Waals surface area (Å²) in [4.78, 5) is 34.6. The second-order valence-corrected chi connectivity index (χ2v) is 8.92. The minimum absolute atomic E-state index is 0.00528. The van der Waals surface area contributed by atoms with E-state index in [4.69, 9.17) is 11.6 Å². The third-order valence-electron chi connectivity index (χ3n) is 6.23. The molecular weight excluding hydrogens is 476 g/mol. The Hall–Kier alpha value is -3.01. The van der Waals surface area contributed by atoms with E-state index < -0.39 is 35.4 Å². The molecule has 180 valence electrons. The summed E-state index contributed by atoms with van der Waals surface area (Å²) in [5.41, 5.74) is -0.343. The van der Waals surface area contributed by atoms with Crippen LogP contribution in [0.25, 0.3) is 10.9 Å². The molecule has 6 nitrogen and oxygen atoms in total. The molecule has 1 saturated carbocycles. The minimum Gasteiger partial charge on any atom is -0.309 e. The van der Waals surface area contributed by atoms with Crippen molar-refractivity contribution >= 4 is 34.2 Å². The lowest BCUT2D eigenvalue weighted by Gasteiger charge is -2.32. The predicted molar refractivity (Wildman–Crippen MR) is 119 cm³/mol. The fourth-order valence-corrected chi connectivity index (χ4v) is 4.49. The number of nitrogens with zero attached hydrogens (tertiary/aromatic N) is 3. The third-order valence-corrected chi connectivity index (χ3v) is 6.45. The zero-order chi connectivity index (χ0) is 24.5. The zero-order valence-electron chi connectivity index (χ0n) is 17.9. The van der Waals surface area contributed by atoms with E-state index in [1.54, 1.807) is 0 Å². The van der Waals surface area contributed by atoms with Gasteiger partial charge in [-0.15, -0.1) is 0 Å². The van der Waals surface area contributed by atoms with E-state index in [0.29, 0.717) is 5.02 Å².